The van der Waals surface area contributed by atoms with E-state index in [9.17, 15) is 14.4 Å². The van der Waals surface area contributed by atoms with Crippen molar-refractivity contribution in [3.63, 3.8) is 0 Å². The van der Waals surface area contributed by atoms with Crippen LogP contribution in [0.3, 0.4) is 0 Å². The summed E-state index contributed by atoms with van der Waals surface area (Å²) in [5.41, 5.74) is 6.16. The molecule has 0 radical (unpaired) electrons. The fourth-order valence-corrected chi connectivity index (χ4v) is 6.55. The molecule has 10 heteroatoms. The van der Waals surface area contributed by atoms with Gasteiger partial charge >= 0.3 is 18.3 Å². The highest BCUT2D eigenvalue weighted by atomic mass is 16.6. The van der Waals surface area contributed by atoms with Crippen LogP contribution in [-0.4, -0.2) is 72.7 Å². The molecule has 51 heavy (non-hydrogen) atoms. The monoisotopic (exact) mass is 696 g/mol. The van der Waals surface area contributed by atoms with E-state index >= 15 is 0 Å². The van der Waals surface area contributed by atoms with Gasteiger partial charge in [-0.2, -0.15) is 0 Å². The number of alkyl carbamates (subject to hydrolysis) is 2. The van der Waals surface area contributed by atoms with Crippen LogP contribution in [0.1, 0.15) is 82.4 Å². The molecule has 0 fully saturated rings. The average molecular weight is 697 g/mol. The maximum Gasteiger partial charge on any atom is 0.409 e. The van der Waals surface area contributed by atoms with E-state index in [-0.39, 0.29) is 19.1 Å². The second-order valence-corrected chi connectivity index (χ2v) is 14.1. The molecule has 0 bridgehead atoms. The first kappa shape index (κ1) is 37.3. The molecule has 1 heterocycles. The summed E-state index contributed by atoms with van der Waals surface area (Å²) in [6.07, 6.45) is 4.78. The molecule has 3 aromatic carbocycles. The van der Waals surface area contributed by atoms with Gasteiger partial charge in [0, 0.05) is 48.7 Å². The molecule has 1 aliphatic rings. The van der Waals surface area contributed by atoms with Crippen molar-refractivity contribution in [2.45, 2.75) is 83.8 Å². The molecule has 3 amide bonds. The zero-order valence-corrected chi connectivity index (χ0v) is 30.3. The fourth-order valence-electron chi connectivity index (χ4n) is 6.55. The van der Waals surface area contributed by atoms with Gasteiger partial charge in [-0.15, -0.1) is 0 Å². The van der Waals surface area contributed by atoms with Gasteiger partial charge in [-0.3, -0.25) is 0 Å². The summed E-state index contributed by atoms with van der Waals surface area (Å²) in [4.78, 5) is 44.1. The molecule has 0 spiro atoms. The number of fused-ring (bicyclic) bond motifs is 4. The number of carbonyl (C=O) groups excluding carboxylic acids is 3. The fraction of sp³-hybridized carbons (Fsp3) is 0.439. The maximum absolute atomic E-state index is 13.5. The minimum atomic E-state index is -0.579. The lowest BCUT2D eigenvalue weighted by Crippen LogP contribution is -2.47. The van der Waals surface area contributed by atoms with Gasteiger partial charge < -0.3 is 34.7 Å². The van der Waals surface area contributed by atoms with Gasteiger partial charge in [0.1, 0.15) is 12.2 Å². The SMILES string of the molecule is CCCCOC(=O)N(CCc1c[nH]c2ccccc12)C[C@H](CCCCNC(=O)OC(C)(C)C)NC(=O)OCC1c2ccccc2-c2ccccc21. The van der Waals surface area contributed by atoms with Crippen LogP contribution in [0.15, 0.2) is 79.0 Å². The summed E-state index contributed by atoms with van der Waals surface area (Å²) < 4.78 is 16.9. The number of carbonyl (C=O) groups is 3. The van der Waals surface area contributed by atoms with Crippen LogP contribution in [0.2, 0.25) is 0 Å². The van der Waals surface area contributed by atoms with Gasteiger partial charge in [-0.1, -0.05) is 80.1 Å². The van der Waals surface area contributed by atoms with Crippen molar-refractivity contribution >= 4 is 29.2 Å². The molecule has 272 valence electrons. The molecule has 1 aromatic heterocycles. The molecule has 0 aliphatic heterocycles. The van der Waals surface area contributed by atoms with Crippen molar-refractivity contribution in [3.05, 3.63) is 95.7 Å². The molecular weight excluding hydrogens is 644 g/mol. The summed E-state index contributed by atoms with van der Waals surface area (Å²) in [5.74, 6) is -0.0678. The number of hydrogen-bond acceptors (Lipinski definition) is 6. The Morgan fingerprint density at radius 1 is 0.863 bits per heavy atom. The Morgan fingerprint density at radius 2 is 1.55 bits per heavy atom. The van der Waals surface area contributed by atoms with Crippen LogP contribution in [0.5, 0.6) is 0 Å². The summed E-state index contributed by atoms with van der Waals surface area (Å²) in [6, 6.07) is 24.1. The molecule has 1 atom stereocenters. The zero-order chi connectivity index (χ0) is 36.2. The van der Waals surface area contributed by atoms with Gasteiger partial charge in [0.15, 0.2) is 0 Å². The third kappa shape index (κ3) is 10.5. The molecule has 4 aromatic rings. The lowest BCUT2D eigenvalue weighted by Gasteiger charge is -2.28. The number of unbranched alkanes of at least 4 members (excludes halogenated alkanes) is 2. The van der Waals surface area contributed by atoms with Crippen molar-refractivity contribution in [2.24, 2.45) is 0 Å². The van der Waals surface area contributed by atoms with E-state index in [1.807, 2.05) is 69.4 Å². The van der Waals surface area contributed by atoms with Crippen LogP contribution < -0.4 is 10.6 Å². The standard InChI is InChI=1S/C41H52N4O6/c1-5-6-25-49-40(48)45(24-22-29-26-43-37-21-12-11-16-31(29)37)27-30(15-13-14-23-42-38(46)51-41(2,3)4)44-39(47)50-28-36-34-19-9-7-17-32(34)33-18-8-10-20-35(33)36/h7-12,16-21,26,30,36,43H,5-6,13-15,22-25,27-28H2,1-4H3,(H,42,46)(H,44,47)/t30-/m0/s1. The van der Waals surface area contributed by atoms with E-state index in [4.69, 9.17) is 14.2 Å². The first-order valence-electron chi connectivity index (χ1n) is 18.2. The summed E-state index contributed by atoms with van der Waals surface area (Å²) >= 11 is 0. The van der Waals surface area contributed by atoms with Gasteiger partial charge in [0.05, 0.1) is 6.61 Å². The lowest BCUT2D eigenvalue weighted by molar-refractivity contribution is 0.0526. The van der Waals surface area contributed by atoms with Crippen LogP contribution >= 0.6 is 0 Å². The molecule has 10 nitrogen and oxygen atoms in total. The molecule has 0 saturated carbocycles. The minimum Gasteiger partial charge on any atom is -0.449 e. The molecule has 0 saturated heterocycles. The Bertz CT molecular complexity index is 1720. The molecule has 5 rings (SSSR count). The third-order valence-corrected chi connectivity index (χ3v) is 9.06. The smallest absolute Gasteiger partial charge is 0.409 e. The summed E-state index contributed by atoms with van der Waals surface area (Å²) in [5, 5.41) is 6.98. The van der Waals surface area contributed by atoms with Crippen molar-refractivity contribution in [1.29, 1.82) is 0 Å². The summed E-state index contributed by atoms with van der Waals surface area (Å²) in [6.45, 7) is 9.13. The molecule has 1 aliphatic carbocycles. The van der Waals surface area contributed by atoms with Gasteiger partial charge in [-0.05, 0) is 86.8 Å². The van der Waals surface area contributed by atoms with Crippen molar-refractivity contribution < 1.29 is 28.6 Å². The first-order valence-corrected chi connectivity index (χ1v) is 18.2. The number of amides is 3. The van der Waals surface area contributed by atoms with E-state index in [0.717, 1.165) is 51.6 Å². The zero-order valence-electron chi connectivity index (χ0n) is 30.3. The van der Waals surface area contributed by atoms with Crippen LogP contribution in [0.25, 0.3) is 22.0 Å². The number of rotatable bonds is 16. The van der Waals surface area contributed by atoms with Crippen LogP contribution in [-0.2, 0) is 20.6 Å². The Kier molecular flexibility index (Phi) is 13.0. The second-order valence-electron chi connectivity index (χ2n) is 14.1. The van der Waals surface area contributed by atoms with Crippen molar-refractivity contribution in [1.82, 2.24) is 20.5 Å². The average Bonchev–Trinajstić information content (AvgIpc) is 3.67. The van der Waals surface area contributed by atoms with E-state index in [2.05, 4.69) is 52.9 Å². The number of ether oxygens (including phenoxy) is 3. The van der Waals surface area contributed by atoms with E-state index in [0.29, 0.717) is 45.4 Å². The topological polar surface area (TPSA) is 122 Å². The predicted molar refractivity (Wildman–Crippen MR) is 200 cm³/mol. The van der Waals surface area contributed by atoms with E-state index < -0.39 is 29.9 Å². The maximum atomic E-state index is 13.5. The van der Waals surface area contributed by atoms with Gasteiger partial charge in [-0.25, -0.2) is 14.4 Å². The number of nitrogens with zero attached hydrogens (tertiary/aromatic N) is 1. The highest BCUT2D eigenvalue weighted by molar-refractivity contribution is 5.83. The van der Waals surface area contributed by atoms with Crippen LogP contribution in [0, 0.1) is 0 Å². The van der Waals surface area contributed by atoms with E-state index in [1.54, 1.807) is 4.90 Å². The van der Waals surface area contributed by atoms with Gasteiger partial charge in [0.2, 0.25) is 0 Å². The van der Waals surface area contributed by atoms with Crippen molar-refractivity contribution in [2.75, 3.05) is 32.8 Å². The number of nitrogens with one attached hydrogen (secondary N) is 3. The first-order chi connectivity index (χ1) is 24.6. The number of hydrogen-bond donors (Lipinski definition) is 3. The molecule has 3 N–H and O–H groups in total. The number of aromatic nitrogens is 1. The largest absolute Gasteiger partial charge is 0.449 e. The van der Waals surface area contributed by atoms with E-state index in [1.165, 1.54) is 0 Å². The quantitative estimate of drug-likeness (QED) is 0.0797. The highest BCUT2D eigenvalue weighted by Gasteiger charge is 2.30. The van der Waals surface area contributed by atoms with Crippen LogP contribution in [0.4, 0.5) is 14.4 Å². The number of aromatic amines is 1. The second kappa shape index (κ2) is 17.8. The van der Waals surface area contributed by atoms with Gasteiger partial charge in [0.25, 0.3) is 0 Å². The Labute approximate surface area is 301 Å². The Balaban J connectivity index is 1.25. The van der Waals surface area contributed by atoms with Crippen molar-refractivity contribution in [3.8, 4) is 11.1 Å². The predicted octanol–water partition coefficient (Wildman–Crippen LogP) is 8.55. The normalized spacial score (nSPS) is 12.9. The number of benzene rings is 3. The Hall–Kier alpha value is -4.99. The summed E-state index contributed by atoms with van der Waals surface area (Å²) in [7, 11) is 0. The third-order valence-electron chi connectivity index (χ3n) is 9.06. The molecule has 0 unspecified atom stereocenters. The lowest BCUT2D eigenvalue weighted by atomic mass is 9.98. The highest BCUT2D eigenvalue weighted by Crippen LogP contribution is 2.44. The number of para-hydroxylation sites is 1. The molecular formula is C41H52N4O6. The Morgan fingerprint density at radius 3 is 2.25 bits per heavy atom. The minimum absolute atomic E-state index is 0.0678. The number of H-pyrrole nitrogens is 1.